The number of carboxylic acid groups (broad SMARTS) is 1. The van der Waals surface area contributed by atoms with Gasteiger partial charge in [0.1, 0.15) is 4.90 Å². The summed E-state index contributed by atoms with van der Waals surface area (Å²) in [4.78, 5) is 11.1. The third-order valence-corrected chi connectivity index (χ3v) is 4.96. The largest absolute Gasteiger partial charge is 0.478 e. The molecule has 1 rings (SSSR count). The number of carboxylic acids is 1. The summed E-state index contributed by atoms with van der Waals surface area (Å²) in [5.41, 5.74) is 0.334. The van der Waals surface area contributed by atoms with Gasteiger partial charge in [-0.25, -0.2) is 17.9 Å². The smallest absolute Gasteiger partial charge is 0.335 e. The number of nitrogens with one attached hydrogen (secondary N) is 2. The highest BCUT2D eigenvalue weighted by atomic mass is 32.2. The number of aromatic carboxylic acids is 1. The van der Waals surface area contributed by atoms with Crippen molar-refractivity contribution in [1.29, 1.82) is 0 Å². The molecule has 0 aliphatic carbocycles. The number of benzene rings is 1. The maximum atomic E-state index is 12.5. The Hall–Kier alpha value is -1.64. The average molecular weight is 358 g/mol. The molecule has 0 heterocycles. The van der Waals surface area contributed by atoms with Crippen LogP contribution in [-0.2, 0) is 14.8 Å². The monoisotopic (exact) mass is 358 g/mol. The molecule has 0 saturated heterocycles. The summed E-state index contributed by atoms with van der Waals surface area (Å²) in [6.45, 7) is 4.66. The number of hydrogen-bond acceptors (Lipinski definition) is 5. The number of methoxy groups -OCH3 is 1. The van der Waals surface area contributed by atoms with Crippen LogP contribution in [-0.4, -0.2) is 45.8 Å². The molecular weight excluding hydrogens is 332 g/mol. The minimum Gasteiger partial charge on any atom is -0.478 e. The van der Waals surface area contributed by atoms with E-state index in [1.165, 1.54) is 18.2 Å². The van der Waals surface area contributed by atoms with Gasteiger partial charge in [-0.1, -0.05) is 13.3 Å². The van der Waals surface area contributed by atoms with Crippen molar-refractivity contribution in [1.82, 2.24) is 4.72 Å². The van der Waals surface area contributed by atoms with Crippen LogP contribution in [0.2, 0.25) is 0 Å². The Bertz CT molecular complexity index is 646. The van der Waals surface area contributed by atoms with Crippen LogP contribution in [0.1, 0.15) is 43.5 Å². The second-order valence-corrected chi connectivity index (χ2v) is 7.33. The Balaban J connectivity index is 3.10. The molecule has 0 aliphatic rings. The van der Waals surface area contributed by atoms with Crippen LogP contribution in [0, 0.1) is 0 Å². The standard InChI is InChI=1S/C16H26N2O5S/c1-4-6-12(2)18-14-8-7-13(16(19)20)11-15(14)24(21,22)17-9-5-10-23-3/h7-8,11-12,17-18H,4-6,9-10H2,1-3H3,(H,19,20)/t12-/m0/s1. The van der Waals surface area contributed by atoms with Crippen LogP contribution < -0.4 is 10.0 Å². The van der Waals surface area contributed by atoms with Crippen molar-refractivity contribution >= 4 is 21.7 Å². The van der Waals surface area contributed by atoms with Crippen molar-refractivity contribution in [3.8, 4) is 0 Å². The molecule has 24 heavy (non-hydrogen) atoms. The third-order valence-electron chi connectivity index (χ3n) is 3.46. The molecule has 1 atom stereocenters. The summed E-state index contributed by atoms with van der Waals surface area (Å²) < 4.78 is 32.5. The van der Waals surface area contributed by atoms with Gasteiger partial charge in [-0.15, -0.1) is 0 Å². The van der Waals surface area contributed by atoms with Gasteiger partial charge in [-0.3, -0.25) is 0 Å². The molecule has 8 heteroatoms. The van der Waals surface area contributed by atoms with Gasteiger partial charge >= 0.3 is 5.97 Å². The zero-order chi connectivity index (χ0) is 18.2. The molecule has 1 aromatic rings. The second-order valence-electron chi connectivity index (χ2n) is 5.59. The van der Waals surface area contributed by atoms with Crippen LogP contribution in [0.5, 0.6) is 0 Å². The van der Waals surface area contributed by atoms with Crippen LogP contribution >= 0.6 is 0 Å². The van der Waals surface area contributed by atoms with Crippen molar-refractivity contribution in [3.63, 3.8) is 0 Å². The van der Waals surface area contributed by atoms with E-state index in [9.17, 15) is 13.2 Å². The molecule has 7 nitrogen and oxygen atoms in total. The third kappa shape index (κ3) is 6.10. The van der Waals surface area contributed by atoms with Crippen LogP contribution in [0.4, 0.5) is 5.69 Å². The van der Waals surface area contributed by atoms with Gasteiger partial charge in [0.25, 0.3) is 0 Å². The van der Waals surface area contributed by atoms with Crippen molar-refractivity contribution in [3.05, 3.63) is 23.8 Å². The Morgan fingerprint density at radius 3 is 2.67 bits per heavy atom. The number of carbonyl (C=O) groups is 1. The molecular formula is C16H26N2O5S. The van der Waals surface area contributed by atoms with Crippen LogP contribution in [0.25, 0.3) is 0 Å². The highest BCUT2D eigenvalue weighted by Crippen LogP contribution is 2.24. The predicted molar refractivity (Wildman–Crippen MR) is 93.1 cm³/mol. The van der Waals surface area contributed by atoms with Gasteiger partial charge in [0.05, 0.1) is 11.3 Å². The Labute approximate surface area is 143 Å². The number of ether oxygens (including phenoxy) is 1. The van der Waals surface area contributed by atoms with E-state index in [1.807, 2.05) is 13.8 Å². The fourth-order valence-electron chi connectivity index (χ4n) is 2.27. The first-order chi connectivity index (χ1) is 11.3. The molecule has 136 valence electrons. The van der Waals surface area contributed by atoms with Crippen LogP contribution in [0.3, 0.4) is 0 Å². The fraction of sp³-hybridized carbons (Fsp3) is 0.562. The molecule has 0 bridgehead atoms. The molecule has 0 aromatic heterocycles. The molecule has 1 aromatic carbocycles. The minimum absolute atomic E-state index is 0.0530. The number of sulfonamides is 1. The summed E-state index contributed by atoms with van der Waals surface area (Å²) in [6.07, 6.45) is 2.36. The predicted octanol–water partition coefficient (Wildman–Crippen LogP) is 2.30. The van der Waals surface area contributed by atoms with Gasteiger partial charge in [0.15, 0.2) is 0 Å². The van der Waals surface area contributed by atoms with Crippen LogP contribution in [0.15, 0.2) is 23.1 Å². The van der Waals surface area contributed by atoms with E-state index >= 15 is 0 Å². The van der Waals surface area contributed by atoms with Gasteiger partial charge in [-0.05, 0) is 38.0 Å². The van der Waals surface area contributed by atoms with Crippen molar-refractivity contribution in [2.75, 3.05) is 25.6 Å². The molecule has 0 amide bonds. The number of anilines is 1. The summed E-state index contributed by atoms with van der Waals surface area (Å²) in [7, 11) is -2.28. The summed E-state index contributed by atoms with van der Waals surface area (Å²) in [5.74, 6) is -1.17. The Morgan fingerprint density at radius 1 is 1.38 bits per heavy atom. The zero-order valence-corrected chi connectivity index (χ0v) is 15.1. The topological polar surface area (TPSA) is 105 Å². The average Bonchev–Trinajstić information content (AvgIpc) is 2.52. The van der Waals surface area contributed by atoms with Gasteiger partial charge in [0, 0.05) is 26.3 Å². The normalized spacial score (nSPS) is 12.8. The lowest BCUT2D eigenvalue weighted by Gasteiger charge is -2.18. The summed E-state index contributed by atoms with van der Waals surface area (Å²) in [5, 5.41) is 12.3. The fourth-order valence-corrected chi connectivity index (χ4v) is 3.54. The van der Waals surface area contributed by atoms with E-state index in [2.05, 4.69) is 10.0 Å². The number of hydrogen-bond donors (Lipinski definition) is 3. The van der Waals surface area contributed by atoms with Gasteiger partial charge < -0.3 is 15.2 Å². The SMILES string of the molecule is CCC[C@H](C)Nc1ccc(C(=O)O)cc1S(=O)(=O)NCCCOC. The minimum atomic E-state index is -3.82. The first-order valence-corrected chi connectivity index (χ1v) is 9.42. The van der Waals surface area contributed by atoms with Gasteiger partial charge in [-0.2, -0.15) is 0 Å². The van der Waals surface area contributed by atoms with Crippen molar-refractivity contribution < 1.29 is 23.1 Å². The maximum Gasteiger partial charge on any atom is 0.335 e. The maximum absolute atomic E-state index is 12.5. The molecule has 0 unspecified atom stereocenters. The van der Waals surface area contributed by atoms with E-state index in [-0.39, 0.29) is 23.0 Å². The molecule has 0 spiro atoms. The van der Waals surface area contributed by atoms with E-state index in [0.717, 1.165) is 12.8 Å². The molecule has 3 N–H and O–H groups in total. The first kappa shape index (κ1) is 20.4. The van der Waals surface area contributed by atoms with Crippen molar-refractivity contribution in [2.45, 2.75) is 44.0 Å². The molecule has 0 aliphatic heterocycles. The second kappa shape index (κ2) is 9.61. The Morgan fingerprint density at radius 2 is 2.08 bits per heavy atom. The molecule has 0 radical (unpaired) electrons. The zero-order valence-electron chi connectivity index (χ0n) is 14.3. The summed E-state index contributed by atoms with van der Waals surface area (Å²) >= 11 is 0. The summed E-state index contributed by atoms with van der Waals surface area (Å²) in [6, 6.07) is 4.15. The van der Waals surface area contributed by atoms with E-state index in [4.69, 9.17) is 9.84 Å². The van der Waals surface area contributed by atoms with E-state index in [0.29, 0.717) is 18.7 Å². The first-order valence-electron chi connectivity index (χ1n) is 7.94. The molecule has 0 saturated carbocycles. The molecule has 0 fully saturated rings. The number of rotatable bonds is 11. The lowest BCUT2D eigenvalue weighted by atomic mass is 10.1. The highest BCUT2D eigenvalue weighted by molar-refractivity contribution is 7.89. The lowest BCUT2D eigenvalue weighted by molar-refractivity contribution is 0.0696. The highest BCUT2D eigenvalue weighted by Gasteiger charge is 2.21. The lowest BCUT2D eigenvalue weighted by Crippen LogP contribution is -2.27. The van der Waals surface area contributed by atoms with E-state index < -0.39 is 16.0 Å². The Kier molecular flexibility index (Phi) is 8.17. The van der Waals surface area contributed by atoms with Crippen molar-refractivity contribution in [2.24, 2.45) is 0 Å². The van der Waals surface area contributed by atoms with E-state index in [1.54, 1.807) is 7.11 Å². The quantitative estimate of drug-likeness (QED) is 0.524. The van der Waals surface area contributed by atoms with Gasteiger partial charge in [0.2, 0.25) is 10.0 Å².